The number of halogens is 4. The summed E-state index contributed by atoms with van der Waals surface area (Å²) in [5.74, 6) is -0.990. The van der Waals surface area contributed by atoms with Crippen LogP contribution in [0.2, 0.25) is 0 Å². The minimum Gasteiger partial charge on any atom is -0.491 e. The molecule has 0 heterocycles. The highest BCUT2D eigenvalue weighted by atomic mass is 19.1. The van der Waals surface area contributed by atoms with E-state index in [9.17, 15) is 17.6 Å². The van der Waals surface area contributed by atoms with Crippen LogP contribution in [0.15, 0.2) is 84.9 Å². The Kier molecular flexibility index (Phi) is 11.7. The van der Waals surface area contributed by atoms with Crippen LogP contribution >= 0.6 is 0 Å². The van der Waals surface area contributed by atoms with Crippen molar-refractivity contribution < 1.29 is 27.0 Å². The van der Waals surface area contributed by atoms with Crippen LogP contribution in [0.3, 0.4) is 0 Å². The van der Waals surface area contributed by atoms with Gasteiger partial charge in [-0.3, -0.25) is 0 Å². The van der Waals surface area contributed by atoms with Gasteiger partial charge in [-0.1, -0.05) is 81.3 Å². The fourth-order valence-electron chi connectivity index (χ4n) is 4.69. The van der Waals surface area contributed by atoms with Crippen LogP contribution in [-0.4, -0.2) is 13.2 Å². The maximum absolute atomic E-state index is 14.4. The van der Waals surface area contributed by atoms with E-state index in [1.807, 2.05) is 0 Å². The molecule has 4 aromatic rings. The summed E-state index contributed by atoms with van der Waals surface area (Å²) in [7, 11) is 0. The smallest absolute Gasteiger partial charge is 0.165 e. The van der Waals surface area contributed by atoms with Crippen molar-refractivity contribution in [2.24, 2.45) is 0 Å². The Hall–Kier alpha value is -3.80. The third-order valence-corrected chi connectivity index (χ3v) is 7.02. The average Bonchev–Trinajstić information content (AvgIpc) is 2.97. The van der Waals surface area contributed by atoms with Crippen LogP contribution in [0.1, 0.15) is 57.8 Å². The summed E-state index contributed by atoms with van der Waals surface area (Å²) in [5.41, 5.74) is 2.88. The summed E-state index contributed by atoms with van der Waals surface area (Å²) in [4.78, 5) is 0. The predicted molar refractivity (Wildman–Crippen MR) is 156 cm³/mol. The van der Waals surface area contributed by atoms with Crippen LogP contribution in [0, 0.1) is 23.3 Å². The molecule has 0 aliphatic carbocycles. The van der Waals surface area contributed by atoms with Gasteiger partial charge in [0.15, 0.2) is 23.1 Å². The first-order chi connectivity index (χ1) is 20.0. The molecule has 0 radical (unpaired) electrons. The molecule has 0 N–H and O–H groups in total. The van der Waals surface area contributed by atoms with E-state index in [0.29, 0.717) is 24.3 Å². The fourth-order valence-corrected chi connectivity index (χ4v) is 4.69. The zero-order valence-corrected chi connectivity index (χ0v) is 23.2. The van der Waals surface area contributed by atoms with Crippen molar-refractivity contribution in [2.75, 3.05) is 13.2 Å². The summed E-state index contributed by atoms with van der Waals surface area (Å²) in [5, 5.41) is 0. The van der Waals surface area contributed by atoms with Gasteiger partial charge in [0, 0.05) is 0 Å². The summed E-state index contributed by atoms with van der Waals surface area (Å²) in [6.07, 6.45) is 9.53. The normalized spacial score (nSPS) is 11.0. The maximum Gasteiger partial charge on any atom is 0.165 e. The molecular weight excluding hydrogens is 528 g/mol. The maximum atomic E-state index is 14.4. The second-order valence-electron chi connectivity index (χ2n) is 10.2. The SMILES string of the molecule is Fc1ccc(-c2ccc(OCCCCCCCCCCCOc3ccc(-c4ccc(F)cc4)cc3F)c(F)c2)cc1. The number of benzene rings is 4. The molecule has 4 rings (SSSR count). The molecule has 0 amide bonds. The van der Waals surface area contributed by atoms with Gasteiger partial charge in [0.2, 0.25) is 0 Å². The van der Waals surface area contributed by atoms with Crippen LogP contribution in [0.5, 0.6) is 11.5 Å². The quantitative estimate of drug-likeness (QED) is 0.0995. The Morgan fingerprint density at radius 3 is 1.02 bits per heavy atom. The van der Waals surface area contributed by atoms with E-state index in [-0.39, 0.29) is 23.1 Å². The Labute approximate surface area is 240 Å². The van der Waals surface area contributed by atoms with Gasteiger partial charge in [0.25, 0.3) is 0 Å². The van der Waals surface area contributed by atoms with Crippen molar-refractivity contribution in [3.8, 4) is 33.8 Å². The molecular formula is C35H36F4O2. The minimum atomic E-state index is -0.415. The van der Waals surface area contributed by atoms with Gasteiger partial charge in [0.05, 0.1) is 13.2 Å². The molecule has 41 heavy (non-hydrogen) atoms. The van der Waals surface area contributed by atoms with Crippen molar-refractivity contribution in [3.63, 3.8) is 0 Å². The molecule has 0 aromatic heterocycles. The number of ether oxygens (including phenoxy) is 2. The predicted octanol–water partition coefficient (Wildman–Crippen LogP) is 10.5. The van der Waals surface area contributed by atoms with Crippen molar-refractivity contribution in [1.29, 1.82) is 0 Å². The minimum absolute atomic E-state index is 0.240. The summed E-state index contributed by atoms with van der Waals surface area (Å²) in [6, 6.07) is 21.6. The molecule has 4 aromatic carbocycles. The monoisotopic (exact) mass is 564 g/mol. The molecule has 216 valence electrons. The van der Waals surface area contributed by atoms with Crippen molar-refractivity contribution in [2.45, 2.75) is 57.8 Å². The first kappa shape index (κ1) is 30.2. The van der Waals surface area contributed by atoms with Gasteiger partial charge in [0.1, 0.15) is 11.6 Å². The van der Waals surface area contributed by atoms with Crippen LogP contribution in [-0.2, 0) is 0 Å². The van der Waals surface area contributed by atoms with Gasteiger partial charge < -0.3 is 9.47 Å². The van der Waals surface area contributed by atoms with Gasteiger partial charge >= 0.3 is 0 Å². The highest BCUT2D eigenvalue weighted by Crippen LogP contribution is 2.27. The van der Waals surface area contributed by atoms with E-state index in [4.69, 9.17) is 9.47 Å². The molecule has 6 heteroatoms. The number of hydrogen-bond acceptors (Lipinski definition) is 2. The van der Waals surface area contributed by atoms with Gasteiger partial charge in [-0.2, -0.15) is 0 Å². The third kappa shape index (κ3) is 9.66. The van der Waals surface area contributed by atoms with Gasteiger partial charge in [-0.15, -0.1) is 0 Å². The Bertz CT molecular complexity index is 1250. The molecule has 2 nitrogen and oxygen atoms in total. The van der Waals surface area contributed by atoms with E-state index in [1.165, 1.54) is 42.8 Å². The molecule has 0 atom stereocenters. The van der Waals surface area contributed by atoms with Crippen LogP contribution in [0.4, 0.5) is 17.6 Å². The highest BCUT2D eigenvalue weighted by molar-refractivity contribution is 5.65. The lowest BCUT2D eigenvalue weighted by Gasteiger charge is -2.09. The largest absolute Gasteiger partial charge is 0.491 e. The second kappa shape index (κ2) is 15.8. The summed E-state index contributed by atoms with van der Waals surface area (Å²) < 4.78 is 66.2. The summed E-state index contributed by atoms with van der Waals surface area (Å²) >= 11 is 0. The molecule has 0 unspecified atom stereocenters. The van der Waals surface area contributed by atoms with E-state index >= 15 is 0 Å². The van der Waals surface area contributed by atoms with E-state index in [0.717, 1.165) is 62.5 Å². The van der Waals surface area contributed by atoms with Crippen LogP contribution in [0.25, 0.3) is 22.3 Å². The van der Waals surface area contributed by atoms with Crippen molar-refractivity contribution in [1.82, 2.24) is 0 Å². The van der Waals surface area contributed by atoms with E-state index in [1.54, 1.807) is 48.5 Å². The van der Waals surface area contributed by atoms with Gasteiger partial charge in [-0.25, -0.2) is 17.6 Å². The molecule has 0 spiro atoms. The lowest BCUT2D eigenvalue weighted by atomic mass is 10.1. The zero-order valence-electron chi connectivity index (χ0n) is 23.2. The number of hydrogen-bond donors (Lipinski definition) is 0. The molecule has 0 fully saturated rings. The Morgan fingerprint density at radius 1 is 0.366 bits per heavy atom. The highest BCUT2D eigenvalue weighted by Gasteiger charge is 2.08. The van der Waals surface area contributed by atoms with E-state index in [2.05, 4.69) is 0 Å². The molecule has 0 aliphatic heterocycles. The fraction of sp³-hybridized carbons (Fsp3) is 0.314. The first-order valence-electron chi connectivity index (χ1n) is 14.4. The lowest BCUT2D eigenvalue weighted by molar-refractivity contribution is 0.288. The standard InChI is InChI=1S/C35H36F4O2/c36-30-16-10-26(11-17-30)28-14-20-34(32(38)24-28)40-22-8-6-4-2-1-3-5-7-9-23-41-35-21-15-29(25-33(35)39)27-12-18-31(37)19-13-27/h10-21,24-25H,1-9,22-23H2. The number of unbranched alkanes of at least 4 members (excludes halogenated alkanes) is 8. The van der Waals surface area contributed by atoms with E-state index < -0.39 is 11.6 Å². The molecule has 0 aliphatic rings. The molecule has 0 saturated heterocycles. The average molecular weight is 565 g/mol. The lowest BCUT2D eigenvalue weighted by Crippen LogP contribution is -2.00. The van der Waals surface area contributed by atoms with Crippen molar-refractivity contribution >= 4 is 0 Å². The Morgan fingerprint density at radius 2 is 0.683 bits per heavy atom. The van der Waals surface area contributed by atoms with Crippen molar-refractivity contribution in [3.05, 3.63) is 108 Å². The first-order valence-corrected chi connectivity index (χ1v) is 14.4. The third-order valence-electron chi connectivity index (χ3n) is 7.02. The molecule has 0 saturated carbocycles. The van der Waals surface area contributed by atoms with Gasteiger partial charge in [-0.05, 0) is 83.6 Å². The summed E-state index contributed by atoms with van der Waals surface area (Å²) in [6.45, 7) is 0.949. The molecule has 0 bridgehead atoms. The Balaban J connectivity index is 1.00. The number of rotatable bonds is 16. The zero-order chi connectivity index (χ0) is 28.9. The second-order valence-corrected chi connectivity index (χ2v) is 10.2. The van der Waals surface area contributed by atoms with Crippen LogP contribution < -0.4 is 9.47 Å². The topological polar surface area (TPSA) is 18.5 Å².